The van der Waals surface area contributed by atoms with Crippen LogP contribution >= 0.6 is 0 Å². The molecule has 0 saturated carbocycles. The molecule has 0 unspecified atom stereocenters. The van der Waals surface area contributed by atoms with E-state index in [1.54, 1.807) is 0 Å². The van der Waals surface area contributed by atoms with Crippen LogP contribution in [0.3, 0.4) is 0 Å². The van der Waals surface area contributed by atoms with Crippen LogP contribution in [0, 0.1) is 0 Å². The molecule has 0 atom stereocenters. The van der Waals surface area contributed by atoms with Crippen LogP contribution in [0.1, 0.15) is 57.8 Å². The molecule has 0 aromatic rings. The Labute approximate surface area is 87.5 Å². The summed E-state index contributed by atoms with van der Waals surface area (Å²) in [6, 6.07) is 0. The van der Waals surface area contributed by atoms with Gasteiger partial charge in [-0.1, -0.05) is 38.5 Å². The van der Waals surface area contributed by atoms with Gasteiger partial charge in [0.05, 0.1) is 6.54 Å². The van der Waals surface area contributed by atoms with E-state index in [2.05, 4.69) is 5.32 Å². The summed E-state index contributed by atoms with van der Waals surface area (Å²) in [5.74, 6) is 0.393. The lowest BCUT2D eigenvalue weighted by Gasteiger charge is -2.02. The van der Waals surface area contributed by atoms with Crippen molar-refractivity contribution >= 4 is 5.78 Å². The third-order valence-electron chi connectivity index (χ3n) is 2.88. The van der Waals surface area contributed by atoms with Crippen LogP contribution < -0.4 is 5.32 Å². The highest BCUT2D eigenvalue weighted by atomic mass is 16.1. The third-order valence-corrected chi connectivity index (χ3v) is 2.88. The molecular formula is C12H23NO. The molecule has 0 aromatic heterocycles. The maximum Gasteiger partial charge on any atom is 0.146 e. The van der Waals surface area contributed by atoms with Gasteiger partial charge < -0.3 is 5.32 Å². The van der Waals surface area contributed by atoms with Gasteiger partial charge in [-0.2, -0.15) is 0 Å². The molecular weight excluding hydrogens is 174 g/mol. The number of hydrogen-bond donors (Lipinski definition) is 1. The topological polar surface area (TPSA) is 29.1 Å². The molecule has 1 fully saturated rings. The number of ketones is 1. The van der Waals surface area contributed by atoms with Crippen molar-refractivity contribution in [1.82, 2.24) is 5.32 Å². The first-order valence-electron chi connectivity index (χ1n) is 6.12. The molecule has 2 nitrogen and oxygen atoms in total. The molecule has 0 aliphatic carbocycles. The quantitative estimate of drug-likeness (QED) is 0.647. The molecule has 1 saturated heterocycles. The fourth-order valence-corrected chi connectivity index (χ4v) is 1.95. The predicted octanol–water partition coefficient (Wildman–Crippen LogP) is 2.67. The first kappa shape index (κ1) is 11.7. The zero-order chi connectivity index (χ0) is 10.1. The smallest absolute Gasteiger partial charge is 0.146 e. The summed E-state index contributed by atoms with van der Waals surface area (Å²) in [5, 5.41) is 3.22. The van der Waals surface area contributed by atoms with Gasteiger partial charge in [-0.15, -0.1) is 0 Å². The summed E-state index contributed by atoms with van der Waals surface area (Å²) < 4.78 is 0. The largest absolute Gasteiger partial charge is 0.310 e. The van der Waals surface area contributed by atoms with Gasteiger partial charge in [0.15, 0.2) is 0 Å². The van der Waals surface area contributed by atoms with Crippen molar-refractivity contribution in [2.75, 3.05) is 13.1 Å². The van der Waals surface area contributed by atoms with Gasteiger partial charge in [-0.25, -0.2) is 0 Å². The first-order chi connectivity index (χ1) is 6.89. The number of carbonyl (C=O) groups is 1. The molecule has 0 bridgehead atoms. The molecule has 1 aliphatic rings. The van der Waals surface area contributed by atoms with Gasteiger partial charge in [0.1, 0.15) is 5.78 Å². The van der Waals surface area contributed by atoms with Gasteiger partial charge >= 0.3 is 0 Å². The second-order valence-electron chi connectivity index (χ2n) is 4.29. The first-order valence-corrected chi connectivity index (χ1v) is 6.12. The highest BCUT2D eigenvalue weighted by Crippen LogP contribution is 2.10. The van der Waals surface area contributed by atoms with Crippen molar-refractivity contribution in [3.63, 3.8) is 0 Å². The van der Waals surface area contributed by atoms with E-state index in [-0.39, 0.29) is 0 Å². The monoisotopic (exact) mass is 197 g/mol. The fraction of sp³-hybridized carbons (Fsp3) is 0.917. The van der Waals surface area contributed by atoms with Crippen LogP contribution in [0.2, 0.25) is 0 Å². The minimum atomic E-state index is 0.393. The van der Waals surface area contributed by atoms with Crippen molar-refractivity contribution in [3.8, 4) is 0 Å². The van der Waals surface area contributed by atoms with Gasteiger partial charge in [-0.3, -0.25) is 4.79 Å². The highest BCUT2D eigenvalue weighted by molar-refractivity contribution is 5.80. The number of Topliss-reactive ketones (excluding diaryl/α,β-unsaturated/α-hetero) is 1. The van der Waals surface area contributed by atoms with Crippen molar-refractivity contribution in [2.45, 2.75) is 57.8 Å². The molecule has 1 N–H and O–H groups in total. The summed E-state index contributed by atoms with van der Waals surface area (Å²) in [6.45, 7) is 1.62. The highest BCUT2D eigenvalue weighted by Gasteiger charge is 2.02. The molecule has 82 valence electrons. The molecule has 1 aliphatic heterocycles. The summed E-state index contributed by atoms with van der Waals surface area (Å²) in [6.07, 6.45) is 11.1. The minimum absolute atomic E-state index is 0.393. The average molecular weight is 197 g/mol. The maximum absolute atomic E-state index is 11.3. The Balaban J connectivity index is 2.15. The van der Waals surface area contributed by atoms with E-state index < -0.39 is 0 Å². The summed E-state index contributed by atoms with van der Waals surface area (Å²) in [7, 11) is 0. The van der Waals surface area contributed by atoms with Gasteiger partial charge in [0.25, 0.3) is 0 Å². The molecule has 1 rings (SSSR count). The SMILES string of the molecule is O=C1CCCCCCCCCCNC1. The molecule has 0 spiro atoms. The Kier molecular flexibility index (Phi) is 6.67. The van der Waals surface area contributed by atoms with E-state index in [9.17, 15) is 4.79 Å². The Bertz CT molecular complexity index is 140. The number of hydrogen-bond acceptors (Lipinski definition) is 2. The number of nitrogens with one attached hydrogen (secondary N) is 1. The lowest BCUT2D eigenvalue weighted by Crippen LogP contribution is -2.23. The Hall–Kier alpha value is -0.370. The van der Waals surface area contributed by atoms with Crippen molar-refractivity contribution in [2.24, 2.45) is 0 Å². The predicted molar refractivity (Wildman–Crippen MR) is 59.4 cm³/mol. The normalized spacial score (nSPS) is 23.3. The van der Waals surface area contributed by atoms with Gasteiger partial charge in [0.2, 0.25) is 0 Å². The third kappa shape index (κ3) is 6.14. The summed E-state index contributed by atoms with van der Waals surface area (Å²) in [4.78, 5) is 11.3. The Morgan fingerprint density at radius 3 is 2.07 bits per heavy atom. The lowest BCUT2D eigenvalue weighted by molar-refractivity contribution is -0.118. The fourth-order valence-electron chi connectivity index (χ4n) is 1.95. The average Bonchev–Trinajstić information content (AvgIpc) is 2.20. The van der Waals surface area contributed by atoms with E-state index in [4.69, 9.17) is 0 Å². The van der Waals surface area contributed by atoms with Gasteiger partial charge in [0, 0.05) is 6.42 Å². The summed E-state index contributed by atoms with van der Waals surface area (Å²) >= 11 is 0. The Morgan fingerprint density at radius 1 is 0.786 bits per heavy atom. The maximum atomic E-state index is 11.3. The second-order valence-corrected chi connectivity index (χ2v) is 4.29. The molecule has 0 amide bonds. The molecule has 0 radical (unpaired) electrons. The van der Waals surface area contributed by atoms with Crippen molar-refractivity contribution in [3.05, 3.63) is 0 Å². The molecule has 0 aromatic carbocycles. The second kappa shape index (κ2) is 7.98. The van der Waals surface area contributed by atoms with Gasteiger partial charge in [-0.05, 0) is 19.4 Å². The van der Waals surface area contributed by atoms with Crippen LogP contribution in [-0.4, -0.2) is 18.9 Å². The van der Waals surface area contributed by atoms with E-state index >= 15 is 0 Å². The van der Waals surface area contributed by atoms with Crippen LogP contribution in [0.4, 0.5) is 0 Å². The van der Waals surface area contributed by atoms with Crippen molar-refractivity contribution < 1.29 is 4.79 Å². The Morgan fingerprint density at radius 2 is 1.36 bits per heavy atom. The molecule has 14 heavy (non-hydrogen) atoms. The van der Waals surface area contributed by atoms with Crippen LogP contribution in [-0.2, 0) is 4.79 Å². The standard InChI is InChI=1S/C12H23NO/c14-12-9-7-5-3-1-2-4-6-8-10-13-11-12/h13H,1-11H2. The summed E-state index contributed by atoms with van der Waals surface area (Å²) in [5.41, 5.74) is 0. The van der Waals surface area contributed by atoms with Crippen LogP contribution in [0.25, 0.3) is 0 Å². The van der Waals surface area contributed by atoms with E-state index in [1.807, 2.05) is 0 Å². The van der Waals surface area contributed by atoms with E-state index in [1.165, 1.54) is 44.9 Å². The molecule has 2 heteroatoms. The van der Waals surface area contributed by atoms with Crippen LogP contribution in [0.15, 0.2) is 0 Å². The minimum Gasteiger partial charge on any atom is -0.310 e. The van der Waals surface area contributed by atoms with E-state index in [0.29, 0.717) is 12.3 Å². The zero-order valence-corrected chi connectivity index (χ0v) is 9.19. The van der Waals surface area contributed by atoms with Crippen LogP contribution in [0.5, 0.6) is 0 Å². The molecule has 1 heterocycles. The number of carbonyl (C=O) groups excluding carboxylic acids is 1. The number of rotatable bonds is 0. The van der Waals surface area contributed by atoms with Crippen molar-refractivity contribution in [1.29, 1.82) is 0 Å². The zero-order valence-electron chi connectivity index (χ0n) is 9.19. The lowest BCUT2D eigenvalue weighted by atomic mass is 10.1. The van der Waals surface area contributed by atoms with E-state index in [0.717, 1.165) is 19.4 Å².